The van der Waals surface area contributed by atoms with Gasteiger partial charge in [0.2, 0.25) is 5.91 Å². The highest BCUT2D eigenvalue weighted by Gasteiger charge is 2.26. The number of hydrogen-bond acceptors (Lipinski definition) is 3. The normalized spacial score (nSPS) is 17.0. The maximum Gasteiger partial charge on any atom is 0.237 e. The third-order valence-corrected chi connectivity index (χ3v) is 4.58. The van der Waals surface area contributed by atoms with Crippen LogP contribution in [0, 0.1) is 0 Å². The van der Waals surface area contributed by atoms with Crippen LogP contribution in [0.5, 0.6) is 0 Å². The molecule has 1 aliphatic heterocycles. The average molecular weight is 417 g/mol. The Morgan fingerprint density at radius 3 is 2.62 bits per heavy atom. The molecule has 2 aromatic rings. The molecule has 0 spiro atoms. The van der Waals surface area contributed by atoms with Crippen LogP contribution >= 0.6 is 36.4 Å². The molecule has 2 atom stereocenters. The number of halogens is 3. The van der Waals surface area contributed by atoms with Crippen molar-refractivity contribution in [1.29, 1.82) is 0 Å². The van der Waals surface area contributed by atoms with Crippen LogP contribution < -0.4 is 16.0 Å². The highest BCUT2D eigenvalue weighted by molar-refractivity contribution is 6.30. The Morgan fingerprint density at radius 2 is 1.92 bits per heavy atom. The lowest BCUT2D eigenvalue weighted by Crippen LogP contribution is -2.47. The molecule has 2 unspecified atom stereocenters. The molecule has 0 saturated carbocycles. The third-order valence-electron chi connectivity index (χ3n) is 4.34. The number of anilines is 1. The van der Waals surface area contributed by atoms with E-state index in [2.05, 4.69) is 10.2 Å². The van der Waals surface area contributed by atoms with E-state index in [9.17, 15) is 4.79 Å². The van der Waals surface area contributed by atoms with Gasteiger partial charge in [0.25, 0.3) is 0 Å². The van der Waals surface area contributed by atoms with Gasteiger partial charge in [-0.25, -0.2) is 0 Å². The van der Waals surface area contributed by atoms with Crippen LogP contribution in [0.25, 0.3) is 0 Å². The maximum atomic E-state index is 12.3. The number of nitrogens with two attached hydrogens (primary N) is 1. The number of carbonyl (C=O) groups excluding carboxylic acids is 1. The number of rotatable bonds is 5. The Kier molecular flexibility index (Phi) is 9.23. The number of amides is 1. The van der Waals surface area contributed by atoms with Crippen molar-refractivity contribution >= 4 is 48.0 Å². The molecule has 4 nitrogen and oxygen atoms in total. The number of nitrogens with one attached hydrogen (secondary N) is 1. The molecule has 1 aliphatic rings. The molecule has 1 fully saturated rings. The molecule has 1 saturated heterocycles. The Morgan fingerprint density at radius 1 is 1.19 bits per heavy atom. The van der Waals surface area contributed by atoms with Crippen molar-refractivity contribution in [2.45, 2.75) is 24.9 Å². The SMILES string of the molecule is Cl.Cl.NC(Cc1ccccc1)C(=O)NC1CCN(c2cccc(Cl)c2)C1. The molecule has 7 heteroatoms. The highest BCUT2D eigenvalue weighted by Crippen LogP contribution is 2.23. The molecule has 0 aromatic heterocycles. The van der Waals surface area contributed by atoms with Gasteiger partial charge in [0.05, 0.1) is 6.04 Å². The van der Waals surface area contributed by atoms with E-state index in [1.807, 2.05) is 54.6 Å². The van der Waals surface area contributed by atoms with E-state index in [4.69, 9.17) is 17.3 Å². The molecular weight excluding hydrogens is 393 g/mol. The second-order valence-corrected chi connectivity index (χ2v) is 6.65. The standard InChI is InChI=1S/C19H22ClN3O.2ClH/c20-15-7-4-8-17(12-15)23-10-9-16(13-23)22-19(24)18(21)11-14-5-2-1-3-6-14;;/h1-8,12,16,18H,9-11,13,21H2,(H,22,24);2*1H. The van der Waals surface area contributed by atoms with Gasteiger partial charge in [-0.15, -0.1) is 24.8 Å². The maximum absolute atomic E-state index is 12.3. The predicted molar refractivity (Wildman–Crippen MR) is 113 cm³/mol. The Balaban J connectivity index is 0.00000169. The van der Waals surface area contributed by atoms with E-state index in [-0.39, 0.29) is 36.8 Å². The smallest absolute Gasteiger partial charge is 0.237 e. The van der Waals surface area contributed by atoms with E-state index in [1.54, 1.807) is 0 Å². The van der Waals surface area contributed by atoms with Crippen LogP contribution in [-0.4, -0.2) is 31.1 Å². The summed E-state index contributed by atoms with van der Waals surface area (Å²) in [5.74, 6) is -0.0863. The third kappa shape index (κ3) is 6.06. The molecule has 2 aromatic carbocycles. The fourth-order valence-corrected chi connectivity index (χ4v) is 3.24. The van der Waals surface area contributed by atoms with Crippen molar-refractivity contribution in [2.75, 3.05) is 18.0 Å². The van der Waals surface area contributed by atoms with Crippen molar-refractivity contribution in [3.05, 3.63) is 65.2 Å². The van der Waals surface area contributed by atoms with Crippen molar-refractivity contribution in [2.24, 2.45) is 5.73 Å². The quantitative estimate of drug-likeness (QED) is 0.785. The highest BCUT2D eigenvalue weighted by atomic mass is 35.5. The second-order valence-electron chi connectivity index (χ2n) is 6.22. The van der Waals surface area contributed by atoms with Gasteiger partial charge < -0.3 is 16.0 Å². The Bertz CT molecular complexity index is 699. The summed E-state index contributed by atoms with van der Waals surface area (Å²) in [5, 5.41) is 3.80. The summed E-state index contributed by atoms with van der Waals surface area (Å²) in [6.07, 6.45) is 1.47. The van der Waals surface area contributed by atoms with Gasteiger partial charge in [-0.2, -0.15) is 0 Å². The Labute approximate surface area is 171 Å². The fraction of sp³-hybridized carbons (Fsp3) is 0.316. The lowest BCUT2D eigenvalue weighted by Gasteiger charge is -2.20. The minimum Gasteiger partial charge on any atom is -0.369 e. The molecule has 142 valence electrons. The van der Waals surface area contributed by atoms with E-state index in [1.165, 1.54) is 0 Å². The molecule has 3 N–H and O–H groups in total. The monoisotopic (exact) mass is 415 g/mol. The fourth-order valence-electron chi connectivity index (χ4n) is 3.05. The van der Waals surface area contributed by atoms with E-state index < -0.39 is 6.04 Å². The molecule has 1 heterocycles. The van der Waals surface area contributed by atoms with Gasteiger partial charge in [0, 0.05) is 29.8 Å². The summed E-state index contributed by atoms with van der Waals surface area (Å²) in [4.78, 5) is 14.6. The van der Waals surface area contributed by atoms with Crippen LogP contribution in [0.1, 0.15) is 12.0 Å². The molecular formula is C19H24Cl3N3O. The molecule has 1 amide bonds. The van der Waals surface area contributed by atoms with Crippen LogP contribution in [0.3, 0.4) is 0 Å². The first-order valence-electron chi connectivity index (χ1n) is 8.22. The van der Waals surface area contributed by atoms with Crippen LogP contribution in [0.15, 0.2) is 54.6 Å². The first-order valence-corrected chi connectivity index (χ1v) is 8.60. The number of carbonyl (C=O) groups is 1. The molecule has 0 radical (unpaired) electrons. The zero-order chi connectivity index (χ0) is 16.9. The summed E-state index contributed by atoms with van der Waals surface area (Å²) < 4.78 is 0. The lowest BCUT2D eigenvalue weighted by atomic mass is 10.1. The zero-order valence-electron chi connectivity index (χ0n) is 14.3. The molecule has 26 heavy (non-hydrogen) atoms. The zero-order valence-corrected chi connectivity index (χ0v) is 16.7. The van der Waals surface area contributed by atoms with Gasteiger partial charge in [0.1, 0.15) is 0 Å². The number of hydrogen-bond donors (Lipinski definition) is 2. The topological polar surface area (TPSA) is 58.4 Å². The molecule has 0 aliphatic carbocycles. The predicted octanol–water partition coefficient (Wildman–Crippen LogP) is 3.45. The summed E-state index contributed by atoms with van der Waals surface area (Å²) in [6, 6.07) is 17.3. The van der Waals surface area contributed by atoms with Gasteiger partial charge in [-0.3, -0.25) is 4.79 Å². The first kappa shape index (κ1) is 22.6. The van der Waals surface area contributed by atoms with Crippen molar-refractivity contribution in [3.8, 4) is 0 Å². The first-order chi connectivity index (χ1) is 11.6. The minimum absolute atomic E-state index is 0. The average Bonchev–Trinajstić information content (AvgIpc) is 3.04. The summed E-state index contributed by atoms with van der Waals surface area (Å²) in [6.45, 7) is 1.68. The number of nitrogens with zero attached hydrogens (tertiary/aromatic N) is 1. The van der Waals surface area contributed by atoms with Gasteiger partial charge >= 0.3 is 0 Å². The lowest BCUT2D eigenvalue weighted by molar-refractivity contribution is -0.122. The molecule has 0 bridgehead atoms. The minimum atomic E-state index is -0.521. The van der Waals surface area contributed by atoms with Crippen molar-refractivity contribution in [1.82, 2.24) is 5.32 Å². The van der Waals surface area contributed by atoms with Crippen LogP contribution in [0.4, 0.5) is 5.69 Å². The van der Waals surface area contributed by atoms with Crippen molar-refractivity contribution in [3.63, 3.8) is 0 Å². The molecule has 3 rings (SSSR count). The van der Waals surface area contributed by atoms with Gasteiger partial charge in [0.15, 0.2) is 0 Å². The van der Waals surface area contributed by atoms with E-state index in [0.29, 0.717) is 6.42 Å². The van der Waals surface area contributed by atoms with Crippen LogP contribution in [-0.2, 0) is 11.2 Å². The summed E-state index contributed by atoms with van der Waals surface area (Å²) >= 11 is 6.05. The van der Waals surface area contributed by atoms with Crippen LogP contribution in [0.2, 0.25) is 5.02 Å². The van der Waals surface area contributed by atoms with Gasteiger partial charge in [-0.05, 0) is 36.6 Å². The Hall–Kier alpha value is -1.46. The second kappa shape index (κ2) is 10.6. The van der Waals surface area contributed by atoms with Crippen molar-refractivity contribution < 1.29 is 4.79 Å². The summed E-state index contributed by atoms with van der Waals surface area (Å²) in [5.41, 5.74) is 8.22. The summed E-state index contributed by atoms with van der Waals surface area (Å²) in [7, 11) is 0. The largest absolute Gasteiger partial charge is 0.369 e. The number of benzene rings is 2. The van der Waals surface area contributed by atoms with E-state index in [0.717, 1.165) is 35.8 Å². The van der Waals surface area contributed by atoms with Gasteiger partial charge in [-0.1, -0.05) is 48.0 Å². The van der Waals surface area contributed by atoms with E-state index >= 15 is 0 Å².